The van der Waals surface area contributed by atoms with Crippen LogP contribution in [0.15, 0.2) is 24.3 Å². The molecular weight excluding hydrogens is 280 g/mol. The van der Waals surface area contributed by atoms with Gasteiger partial charge >= 0.3 is 0 Å². The second kappa shape index (κ2) is 7.11. The van der Waals surface area contributed by atoms with Gasteiger partial charge in [-0.2, -0.15) is 0 Å². The molecule has 5 heteroatoms. The number of carbonyl (C=O) groups is 1. The Hall–Kier alpha value is -2.30. The highest BCUT2D eigenvalue weighted by Crippen LogP contribution is 2.28. The van der Waals surface area contributed by atoms with Crippen LogP contribution in [0.5, 0.6) is 11.5 Å². The van der Waals surface area contributed by atoms with Gasteiger partial charge in [-0.05, 0) is 38.5 Å². The maximum Gasteiger partial charge on any atom is 0.258 e. The summed E-state index contributed by atoms with van der Waals surface area (Å²) in [6.07, 6.45) is 0.889. The molecule has 2 rings (SSSR count). The minimum absolute atomic E-state index is 0.0138. The molecule has 1 heterocycles. The van der Waals surface area contributed by atoms with Crippen molar-refractivity contribution >= 4 is 16.8 Å². The van der Waals surface area contributed by atoms with Crippen molar-refractivity contribution in [3.63, 3.8) is 0 Å². The highest BCUT2D eigenvalue weighted by Gasteiger charge is 2.10. The quantitative estimate of drug-likeness (QED) is 0.891. The monoisotopic (exact) mass is 302 g/mol. The zero-order valence-corrected chi connectivity index (χ0v) is 13.5. The molecule has 1 aromatic heterocycles. The molecule has 0 bridgehead atoms. The Kier molecular flexibility index (Phi) is 5.20. The Bertz CT molecular complexity index is 670. The van der Waals surface area contributed by atoms with E-state index in [4.69, 9.17) is 9.47 Å². The number of ether oxygens (including phenoxy) is 2. The fourth-order valence-corrected chi connectivity index (χ4v) is 2.11. The number of hydrogen-bond donors (Lipinski definition) is 1. The number of hydrogen-bond acceptors (Lipinski definition) is 4. The van der Waals surface area contributed by atoms with Gasteiger partial charge in [0.2, 0.25) is 0 Å². The lowest BCUT2D eigenvalue weighted by atomic mass is 10.1. The van der Waals surface area contributed by atoms with E-state index >= 15 is 0 Å². The fraction of sp³-hybridized carbons (Fsp3) is 0.412. The first-order chi connectivity index (χ1) is 10.5. The summed E-state index contributed by atoms with van der Waals surface area (Å²) < 4.78 is 10.9. The van der Waals surface area contributed by atoms with Crippen LogP contribution in [0.4, 0.5) is 0 Å². The van der Waals surface area contributed by atoms with Gasteiger partial charge in [0, 0.05) is 23.2 Å². The number of fused-ring (bicyclic) bond motifs is 1. The summed E-state index contributed by atoms with van der Waals surface area (Å²) >= 11 is 0. The van der Waals surface area contributed by atoms with Crippen LogP contribution in [-0.2, 0) is 4.79 Å². The average Bonchev–Trinajstić information content (AvgIpc) is 2.51. The molecule has 0 spiro atoms. The summed E-state index contributed by atoms with van der Waals surface area (Å²) in [5.41, 5.74) is 1.66. The number of methoxy groups -OCH3 is 1. The summed E-state index contributed by atoms with van der Waals surface area (Å²) in [5, 5.41) is 3.72. The molecule has 0 aliphatic heterocycles. The molecule has 0 radical (unpaired) electrons. The number of benzene rings is 1. The standard InChI is InChI=1S/C17H22N2O3/c1-5-11(2)19-17(20)10-22-16-8-12(3)18-15-7-6-13(21-4)9-14(15)16/h6-9,11H,5,10H2,1-4H3,(H,19,20). The lowest BCUT2D eigenvalue weighted by Crippen LogP contribution is -2.35. The molecule has 0 saturated carbocycles. The largest absolute Gasteiger partial charge is 0.497 e. The van der Waals surface area contributed by atoms with Crippen molar-refractivity contribution in [1.82, 2.24) is 10.3 Å². The zero-order chi connectivity index (χ0) is 16.1. The second-order valence-electron chi connectivity index (χ2n) is 5.31. The molecule has 2 aromatic rings. The maximum atomic E-state index is 11.9. The molecule has 0 aliphatic rings. The van der Waals surface area contributed by atoms with E-state index in [1.54, 1.807) is 7.11 Å². The average molecular weight is 302 g/mol. The van der Waals surface area contributed by atoms with Gasteiger partial charge in [0.15, 0.2) is 6.61 Å². The first kappa shape index (κ1) is 16.1. The number of nitrogens with zero attached hydrogens (tertiary/aromatic N) is 1. The molecule has 1 amide bonds. The Balaban J connectivity index is 2.20. The number of aryl methyl sites for hydroxylation is 1. The summed E-state index contributed by atoms with van der Waals surface area (Å²) in [6, 6.07) is 7.58. The van der Waals surface area contributed by atoms with E-state index in [0.717, 1.165) is 28.8 Å². The molecule has 118 valence electrons. The van der Waals surface area contributed by atoms with E-state index in [9.17, 15) is 4.79 Å². The molecule has 5 nitrogen and oxygen atoms in total. The van der Waals surface area contributed by atoms with Gasteiger partial charge in [-0.25, -0.2) is 0 Å². The Labute approximate surface area is 130 Å². The maximum absolute atomic E-state index is 11.9. The molecule has 1 unspecified atom stereocenters. The van der Waals surface area contributed by atoms with Gasteiger partial charge in [0.25, 0.3) is 5.91 Å². The van der Waals surface area contributed by atoms with Crippen LogP contribution in [0.2, 0.25) is 0 Å². The Morgan fingerprint density at radius 3 is 2.82 bits per heavy atom. The van der Waals surface area contributed by atoms with E-state index in [2.05, 4.69) is 10.3 Å². The first-order valence-corrected chi connectivity index (χ1v) is 7.41. The van der Waals surface area contributed by atoms with Gasteiger partial charge in [-0.1, -0.05) is 6.92 Å². The van der Waals surface area contributed by atoms with Crippen molar-refractivity contribution in [2.24, 2.45) is 0 Å². The number of nitrogens with one attached hydrogen (secondary N) is 1. The Morgan fingerprint density at radius 2 is 2.14 bits per heavy atom. The van der Waals surface area contributed by atoms with Gasteiger partial charge in [0.05, 0.1) is 12.6 Å². The molecular formula is C17H22N2O3. The van der Waals surface area contributed by atoms with Gasteiger partial charge in [-0.15, -0.1) is 0 Å². The number of amides is 1. The lowest BCUT2D eigenvalue weighted by molar-refractivity contribution is -0.123. The van der Waals surface area contributed by atoms with Crippen LogP contribution < -0.4 is 14.8 Å². The van der Waals surface area contributed by atoms with Gasteiger partial charge in [-0.3, -0.25) is 9.78 Å². The number of pyridine rings is 1. The molecule has 0 fully saturated rings. The molecule has 0 saturated heterocycles. The molecule has 1 atom stereocenters. The number of carbonyl (C=O) groups excluding carboxylic acids is 1. The summed E-state index contributed by atoms with van der Waals surface area (Å²) in [4.78, 5) is 16.3. The van der Waals surface area contributed by atoms with E-state index in [1.807, 2.05) is 45.0 Å². The molecule has 1 N–H and O–H groups in total. The summed E-state index contributed by atoms with van der Waals surface area (Å²) in [6.45, 7) is 5.88. The van der Waals surface area contributed by atoms with Crippen LogP contribution in [-0.4, -0.2) is 30.6 Å². The van der Waals surface area contributed by atoms with Crippen LogP contribution in [0.25, 0.3) is 10.9 Å². The predicted octanol–water partition coefficient (Wildman–Crippen LogP) is 2.85. The minimum atomic E-state index is -0.125. The third-order valence-electron chi connectivity index (χ3n) is 3.48. The summed E-state index contributed by atoms with van der Waals surface area (Å²) in [5.74, 6) is 1.24. The molecule has 1 aromatic carbocycles. The van der Waals surface area contributed by atoms with E-state index in [1.165, 1.54) is 0 Å². The third kappa shape index (κ3) is 3.87. The van der Waals surface area contributed by atoms with Crippen molar-refractivity contribution in [3.05, 3.63) is 30.0 Å². The topological polar surface area (TPSA) is 60.5 Å². The first-order valence-electron chi connectivity index (χ1n) is 7.41. The van der Waals surface area contributed by atoms with E-state index < -0.39 is 0 Å². The SMILES string of the molecule is CCC(C)NC(=O)COc1cc(C)nc2ccc(OC)cc12. The number of rotatable bonds is 6. The lowest BCUT2D eigenvalue weighted by Gasteiger charge is -2.14. The Morgan fingerprint density at radius 1 is 1.36 bits per heavy atom. The van der Waals surface area contributed by atoms with Crippen LogP contribution in [0.3, 0.4) is 0 Å². The predicted molar refractivity (Wildman–Crippen MR) is 86.4 cm³/mol. The molecule has 0 aliphatic carbocycles. The third-order valence-corrected chi connectivity index (χ3v) is 3.48. The molecule has 22 heavy (non-hydrogen) atoms. The minimum Gasteiger partial charge on any atom is -0.497 e. The zero-order valence-electron chi connectivity index (χ0n) is 13.5. The smallest absolute Gasteiger partial charge is 0.258 e. The fourth-order valence-electron chi connectivity index (χ4n) is 2.11. The van der Waals surface area contributed by atoms with E-state index in [-0.39, 0.29) is 18.6 Å². The van der Waals surface area contributed by atoms with Crippen LogP contribution in [0, 0.1) is 6.92 Å². The van der Waals surface area contributed by atoms with Crippen molar-refractivity contribution in [1.29, 1.82) is 0 Å². The van der Waals surface area contributed by atoms with Crippen molar-refractivity contribution in [2.75, 3.05) is 13.7 Å². The highest BCUT2D eigenvalue weighted by atomic mass is 16.5. The second-order valence-corrected chi connectivity index (χ2v) is 5.31. The van der Waals surface area contributed by atoms with Crippen LogP contribution in [0.1, 0.15) is 26.0 Å². The normalized spacial score (nSPS) is 12.0. The number of aromatic nitrogens is 1. The highest BCUT2D eigenvalue weighted by molar-refractivity contribution is 5.87. The van der Waals surface area contributed by atoms with Crippen molar-refractivity contribution in [2.45, 2.75) is 33.2 Å². The summed E-state index contributed by atoms with van der Waals surface area (Å²) in [7, 11) is 1.61. The van der Waals surface area contributed by atoms with Crippen molar-refractivity contribution < 1.29 is 14.3 Å². The van der Waals surface area contributed by atoms with Crippen LogP contribution >= 0.6 is 0 Å². The van der Waals surface area contributed by atoms with Crippen molar-refractivity contribution in [3.8, 4) is 11.5 Å². The van der Waals surface area contributed by atoms with E-state index in [0.29, 0.717) is 5.75 Å². The van der Waals surface area contributed by atoms with Gasteiger partial charge in [0.1, 0.15) is 11.5 Å². The van der Waals surface area contributed by atoms with Gasteiger partial charge < -0.3 is 14.8 Å².